The van der Waals surface area contributed by atoms with E-state index in [1.807, 2.05) is 6.20 Å². The molecule has 1 heterocycles. The Morgan fingerprint density at radius 2 is 1.79 bits per heavy atom. The van der Waals surface area contributed by atoms with E-state index in [1.165, 1.54) is 33.5 Å². The number of benzene rings is 2. The fourth-order valence-corrected chi connectivity index (χ4v) is 3.19. The minimum atomic E-state index is -0.278. The van der Waals surface area contributed by atoms with Crippen molar-refractivity contribution in [3.05, 3.63) is 53.5 Å². The lowest BCUT2D eigenvalue weighted by Gasteiger charge is -2.14. The molecule has 0 atom stereocenters. The van der Waals surface area contributed by atoms with Gasteiger partial charge in [-0.05, 0) is 47.9 Å². The van der Waals surface area contributed by atoms with Crippen molar-refractivity contribution in [2.45, 2.75) is 12.8 Å². The molecule has 2 N–H and O–H groups in total. The smallest absolute Gasteiger partial charge is 0.224 e. The third-order valence-corrected chi connectivity index (χ3v) is 4.54. The molecule has 1 amide bonds. The highest BCUT2D eigenvalue weighted by Gasteiger charge is 2.15. The lowest BCUT2D eigenvalue weighted by molar-refractivity contribution is -0.120. The Morgan fingerprint density at radius 1 is 1.07 bits per heavy atom. The van der Waals surface area contributed by atoms with Crippen LogP contribution in [0.5, 0.6) is 17.2 Å². The highest BCUT2D eigenvalue weighted by atomic mass is 19.1. The molecule has 0 aliphatic rings. The number of rotatable bonds is 8. The van der Waals surface area contributed by atoms with Crippen molar-refractivity contribution in [3.63, 3.8) is 0 Å². The molecule has 0 aliphatic carbocycles. The highest BCUT2D eigenvalue weighted by Crippen LogP contribution is 2.38. The molecule has 28 heavy (non-hydrogen) atoms. The molecule has 6 nitrogen and oxygen atoms in total. The van der Waals surface area contributed by atoms with Crippen LogP contribution in [0.4, 0.5) is 4.39 Å². The van der Waals surface area contributed by atoms with Gasteiger partial charge in [0, 0.05) is 23.6 Å². The van der Waals surface area contributed by atoms with Gasteiger partial charge >= 0.3 is 0 Å². The first-order valence-corrected chi connectivity index (χ1v) is 8.86. The van der Waals surface area contributed by atoms with E-state index in [0.29, 0.717) is 30.2 Å². The van der Waals surface area contributed by atoms with E-state index in [0.717, 1.165) is 22.0 Å². The molecular formula is C21H23FN2O4. The Kier molecular flexibility index (Phi) is 6.03. The van der Waals surface area contributed by atoms with Crippen LogP contribution in [0.25, 0.3) is 10.9 Å². The number of ether oxygens (including phenoxy) is 3. The summed E-state index contributed by atoms with van der Waals surface area (Å²) >= 11 is 0. The predicted octanol–water partition coefficient (Wildman–Crippen LogP) is 3.23. The Labute approximate surface area is 162 Å². The number of fused-ring (bicyclic) bond motifs is 1. The van der Waals surface area contributed by atoms with Crippen LogP contribution in [-0.2, 0) is 17.6 Å². The SMILES string of the molecule is COc1cc(CC(=O)NCCc2c[nH]c3cc(F)ccc23)cc(OC)c1OC. The second-order valence-corrected chi connectivity index (χ2v) is 6.31. The average molecular weight is 386 g/mol. The second-order valence-electron chi connectivity index (χ2n) is 6.31. The number of aromatic amines is 1. The van der Waals surface area contributed by atoms with E-state index in [4.69, 9.17) is 14.2 Å². The largest absolute Gasteiger partial charge is 0.493 e. The lowest BCUT2D eigenvalue weighted by Crippen LogP contribution is -2.27. The van der Waals surface area contributed by atoms with Crippen LogP contribution in [0.1, 0.15) is 11.1 Å². The normalized spacial score (nSPS) is 10.7. The van der Waals surface area contributed by atoms with Crippen LogP contribution >= 0.6 is 0 Å². The van der Waals surface area contributed by atoms with Gasteiger partial charge in [0.1, 0.15) is 5.82 Å². The van der Waals surface area contributed by atoms with Crippen LogP contribution < -0.4 is 19.5 Å². The maximum atomic E-state index is 13.3. The molecule has 3 rings (SSSR count). The number of carbonyl (C=O) groups excluding carboxylic acids is 1. The molecule has 3 aromatic rings. The van der Waals surface area contributed by atoms with Crippen molar-refractivity contribution in [1.82, 2.24) is 10.3 Å². The maximum Gasteiger partial charge on any atom is 0.224 e. The topological polar surface area (TPSA) is 72.6 Å². The quantitative estimate of drug-likeness (QED) is 0.623. The molecule has 0 radical (unpaired) electrons. The monoisotopic (exact) mass is 386 g/mol. The minimum absolute atomic E-state index is 0.111. The van der Waals surface area contributed by atoms with Crippen LogP contribution in [-0.4, -0.2) is 38.8 Å². The van der Waals surface area contributed by atoms with Crippen molar-refractivity contribution < 1.29 is 23.4 Å². The van der Waals surface area contributed by atoms with E-state index >= 15 is 0 Å². The summed E-state index contributed by atoms with van der Waals surface area (Å²) in [5.41, 5.74) is 2.54. The number of carbonyl (C=O) groups is 1. The molecule has 2 aromatic carbocycles. The summed E-state index contributed by atoms with van der Waals surface area (Å²) in [6.07, 6.45) is 2.68. The first-order valence-electron chi connectivity index (χ1n) is 8.86. The molecular weight excluding hydrogens is 363 g/mol. The number of H-pyrrole nitrogens is 1. The van der Waals surface area contributed by atoms with E-state index in [9.17, 15) is 9.18 Å². The summed E-state index contributed by atoms with van der Waals surface area (Å²) < 4.78 is 29.2. The number of amides is 1. The Morgan fingerprint density at radius 3 is 2.43 bits per heavy atom. The molecule has 0 fully saturated rings. The molecule has 7 heteroatoms. The number of halogens is 1. The summed E-state index contributed by atoms with van der Waals surface area (Å²) in [5, 5.41) is 3.87. The lowest BCUT2D eigenvalue weighted by atomic mass is 10.1. The highest BCUT2D eigenvalue weighted by molar-refractivity contribution is 5.83. The van der Waals surface area contributed by atoms with Gasteiger partial charge in [-0.3, -0.25) is 4.79 Å². The number of hydrogen-bond acceptors (Lipinski definition) is 4. The molecule has 0 bridgehead atoms. The van der Waals surface area contributed by atoms with Crippen molar-refractivity contribution >= 4 is 16.8 Å². The zero-order valence-corrected chi connectivity index (χ0v) is 16.1. The standard InChI is InChI=1S/C21H23FN2O4/c1-26-18-8-13(9-19(27-2)21(18)28-3)10-20(25)23-7-6-14-12-24-17-11-15(22)4-5-16(14)17/h4-5,8-9,11-12,24H,6-7,10H2,1-3H3,(H,23,25). The summed E-state index contributed by atoms with van der Waals surface area (Å²) in [4.78, 5) is 15.4. The third kappa shape index (κ3) is 4.19. The zero-order valence-electron chi connectivity index (χ0n) is 16.1. The molecule has 0 unspecified atom stereocenters. The number of methoxy groups -OCH3 is 3. The summed E-state index contributed by atoms with van der Waals surface area (Å²) in [6.45, 7) is 0.480. The van der Waals surface area contributed by atoms with Crippen LogP contribution in [0, 0.1) is 5.82 Å². The van der Waals surface area contributed by atoms with Crippen LogP contribution in [0.3, 0.4) is 0 Å². The maximum absolute atomic E-state index is 13.3. The van der Waals surface area contributed by atoms with Crippen molar-refractivity contribution in [2.24, 2.45) is 0 Å². The number of hydrogen-bond donors (Lipinski definition) is 2. The summed E-state index contributed by atoms with van der Waals surface area (Å²) in [5.74, 6) is 1.12. The molecule has 0 spiro atoms. The summed E-state index contributed by atoms with van der Waals surface area (Å²) in [6, 6.07) is 8.16. The van der Waals surface area contributed by atoms with E-state index in [2.05, 4.69) is 10.3 Å². The second kappa shape index (κ2) is 8.65. The number of aromatic nitrogens is 1. The fraction of sp³-hybridized carbons (Fsp3) is 0.286. The average Bonchev–Trinajstić information content (AvgIpc) is 3.09. The molecule has 1 aromatic heterocycles. The van der Waals surface area contributed by atoms with Crippen molar-refractivity contribution in [2.75, 3.05) is 27.9 Å². The third-order valence-electron chi connectivity index (χ3n) is 4.54. The molecule has 148 valence electrons. The van der Waals surface area contributed by atoms with Gasteiger partial charge in [-0.1, -0.05) is 0 Å². The van der Waals surface area contributed by atoms with Gasteiger partial charge in [-0.2, -0.15) is 0 Å². The van der Waals surface area contributed by atoms with Gasteiger partial charge in [-0.15, -0.1) is 0 Å². The van der Waals surface area contributed by atoms with E-state index in [-0.39, 0.29) is 18.1 Å². The number of nitrogens with one attached hydrogen (secondary N) is 2. The molecule has 0 saturated heterocycles. The van der Waals surface area contributed by atoms with E-state index in [1.54, 1.807) is 18.2 Å². The first kappa shape index (κ1) is 19.5. The van der Waals surface area contributed by atoms with Gasteiger partial charge in [-0.25, -0.2) is 4.39 Å². The van der Waals surface area contributed by atoms with Gasteiger partial charge < -0.3 is 24.5 Å². The van der Waals surface area contributed by atoms with Gasteiger partial charge in [0.15, 0.2) is 11.5 Å². The molecule has 0 saturated carbocycles. The van der Waals surface area contributed by atoms with Gasteiger partial charge in [0.25, 0.3) is 0 Å². The fourth-order valence-electron chi connectivity index (χ4n) is 3.19. The summed E-state index contributed by atoms with van der Waals surface area (Å²) in [7, 11) is 4.61. The van der Waals surface area contributed by atoms with Crippen LogP contribution in [0.2, 0.25) is 0 Å². The first-order chi connectivity index (χ1) is 13.5. The predicted molar refractivity (Wildman–Crippen MR) is 105 cm³/mol. The van der Waals surface area contributed by atoms with Gasteiger partial charge in [0.05, 0.1) is 27.8 Å². The Bertz CT molecular complexity index is 959. The van der Waals surface area contributed by atoms with Gasteiger partial charge in [0.2, 0.25) is 11.7 Å². The van der Waals surface area contributed by atoms with E-state index < -0.39 is 0 Å². The molecule has 0 aliphatic heterocycles. The Balaban J connectivity index is 1.61. The van der Waals surface area contributed by atoms with Crippen LogP contribution in [0.15, 0.2) is 36.5 Å². The zero-order chi connectivity index (χ0) is 20.1. The minimum Gasteiger partial charge on any atom is -0.493 e. The van der Waals surface area contributed by atoms with Crippen molar-refractivity contribution in [3.8, 4) is 17.2 Å². The van der Waals surface area contributed by atoms with Crippen molar-refractivity contribution in [1.29, 1.82) is 0 Å². The Hall–Kier alpha value is -3.22.